The Hall–Kier alpha value is -1.03. The lowest BCUT2D eigenvalue weighted by Crippen LogP contribution is -2.09. The predicted octanol–water partition coefficient (Wildman–Crippen LogP) is 3.08. The molecule has 0 N–H and O–H groups in total. The number of esters is 1. The Morgan fingerprint density at radius 2 is 2.12 bits per heavy atom. The predicted molar refractivity (Wildman–Crippen MR) is 66.3 cm³/mol. The molecule has 0 saturated carbocycles. The van der Waals surface area contributed by atoms with Gasteiger partial charge in [0.05, 0.1) is 19.3 Å². The average molecular weight is 287 g/mol. The Balaban J connectivity index is 3.22. The summed E-state index contributed by atoms with van der Waals surface area (Å²) in [4.78, 5) is 11.7. The summed E-state index contributed by atoms with van der Waals surface area (Å²) in [5, 5.41) is 0.622. The topological polar surface area (TPSA) is 35.5 Å². The normalized spacial score (nSPS) is 10.0. The second-order valence-corrected chi connectivity index (χ2v) is 3.89. The van der Waals surface area contributed by atoms with Gasteiger partial charge < -0.3 is 9.47 Å². The second kappa shape index (κ2) is 5.89. The average Bonchev–Trinajstić information content (AvgIpc) is 2.28. The maximum absolute atomic E-state index is 11.7. The van der Waals surface area contributed by atoms with Crippen molar-refractivity contribution >= 4 is 21.9 Å². The van der Waals surface area contributed by atoms with Gasteiger partial charge >= 0.3 is 5.97 Å². The molecule has 0 aromatic heterocycles. The molecule has 0 amide bonds. The summed E-state index contributed by atoms with van der Waals surface area (Å²) in [5.74, 6) is 0.365. The summed E-state index contributed by atoms with van der Waals surface area (Å²) >= 11 is 3.38. The Morgan fingerprint density at radius 1 is 1.44 bits per heavy atom. The van der Waals surface area contributed by atoms with Crippen LogP contribution in [0.3, 0.4) is 0 Å². The van der Waals surface area contributed by atoms with E-state index in [9.17, 15) is 4.79 Å². The van der Waals surface area contributed by atoms with Crippen LogP contribution in [0.5, 0.6) is 5.75 Å². The van der Waals surface area contributed by atoms with Gasteiger partial charge in [-0.15, -0.1) is 0 Å². The third-order valence-corrected chi connectivity index (χ3v) is 2.87. The summed E-state index contributed by atoms with van der Waals surface area (Å²) in [6, 6.07) is 3.61. The van der Waals surface area contributed by atoms with Crippen LogP contribution in [0.4, 0.5) is 0 Å². The Morgan fingerprint density at radius 3 is 2.62 bits per heavy atom. The van der Waals surface area contributed by atoms with Crippen LogP contribution in [0.25, 0.3) is 0 Å². The summed E-state index contributed by atoms with van der Waals surface area (Å²) in [7, 11) is 1.58. The quantitative estimate of drug-likeness (QED) is 0.630. The number of benzene rings is 1. The van der Waals surface area contributed by atoms with Gasteiger partial charge in [-0.25, -0.2) is 4.79 Å². The summed E-state index contributed by atoms with van der Waals surface area (Å²) < 4.78 is 10.1. The second-order valence-electron chi connectivity index (χ2n) is 3.32. The van der Waals surface area contributed by atoms with Gasteiger partial charge in [0.2, 0.25) is 0 Å². The molecular weight excluding hydrogens is 272 g/mol. The molecule has 0 spiro atoms. The van der Waals surface area contributed by atoms with Gasteiger partial charge in [0.1, 0.15) is 5.75 Å². The molecule has 0 aliphatic carbocycles. The van der Waals surface area contributed by atoms with Gasteiger partial charge in [0.15, 0.2) is 0 Å². The van der Waals surface area contributed by atoms with Crippen LogP contribution in [-0.4, -0.2) is 19.7 Å². The number of rotatable bonds is 4. The van der Waals surface area contributed by atoms with E-state index in [4.69, 9.17) is 9.47 Å². The highest BCUT2D eigenvalue weighted by Gasteiger charge is 2.15. The minimum atomic E-state index is -0.307. The molecule has 0 radical (unpaired) electrons. The van der Waals surface area contributed by atoms with Crippen molar-refractivity contribution in [2.24, 2.45) is 0 Å². The lowest BCUT2D eigenvalue weighted by Gasteiger charge is -2.11. The van der Waals surface area contributed by atoms with Crippen LogP contribution in [-0.2, 0) is 10.1 Å². The fraction of sp³-hybridized carbons (Fsp3) is 0.417. The van der Waals surface area contributed by atoms with Crippen LogP contribution in [0.1, 0.15) is 28.4 Å². The molecule has 16 heavy (non-hydrogen) atoms. The molecule has 0 saturated heterocycles. The van der Waals surface area contributed by atoms with Gasteiger partial charge in [-0.3, -0.25) is 0 Å². The van der Waals surface area contributed by atoms with Crippen molar-refractivity contribution < 1.29 is 14.3 Å². The number of carbonyl (C=O) groups excluding carboxylic acids is 1. The van der Waals surface area contributed by atoms with Gasteiger partial charge in [0.25, 0.3) is 0 Å². The van der Waals surface area contributed by atoms with Crippen molar-refractivity contribution in [2.45, 2.75) is 19.2 Å². The van der Waals surface area contributed by atoms with Gasteiger partial charge in [-0.05, 0) is 37.1 Å². The van der Waals surface area contributed by atoms with E-state index < -0.39 is 0 Å². The van der Waals surface area contributed by atoms with E-state index in [0.717, 1.165) is 11.1 Å². The van der Waals surface area contributed by atoms with Gasteiger partial charge in [-0.2, -0.15) is 0 Å². The zero-order valence-electron chi connectivity index (χ0n) is 9.67. The lowest BCUT2D eigenvalue weighted by atomic mass is 10.0. The first-order valence-electron chi connectivity index (χ1n) is 5.04. The fourth-order valence-corrected chi connectivity index (χ4v) is 2.21. The number of methoxy groups -OCH3 is 1. The molecule has 0 unspecified atom stereocenters. The van der Waals surface area contributed by atoms with Crippen LogP contribution in [0.15, 0.2) is 12.1 Å². The zero-order valence-corrected chi connectivity index (χ0v) is 11.3. The first-order chi connectivity index (χ1) is 7.63. The van der Waals surface area contributed by atoms with E-state index >= 15 is 0 Å². The number of aryl methyl sites for hydroxylation is 1. The highest BCUT2D eigenvalue weighted by molar-refractivity contribution is 9.08. The Bertz CT molecular complexity index is 388. The lowest BCUT2D eigenvalue weighted by molar-refractivity contribution is 0.0525. The molecule has 0 bridgehead atoms. The smallest absolute Gasteiger partial charge is 0.338 e. The van der Waals surface area contributed by atoms with Crippen molar-refractivity contribution in [3.63, 3.8) is 0 Å². The fourth-order valence-electron chi connectivity index (χ4n) is 1.47. The number of alkyl halides is 1. The molecule has 1 rings (SSSR count). The van der Waals surface area contributed by atoms with Crippen molar-refractivity contribution in [3.8, 4) is 5.75 Å². The maximum Gasteiger partial charge on any atom is 0.338 e. The van der Waals surface area contributed by atoms with E-state index in [1.165, 1.54) is 0 Å². The maximum atomic E-state index is 11.7. The first kappa shape index (κ1) is 13.0. The number of carbonyl (C=O) groups is 1. The van der Waals surface area contributed by atoms with Crippen LogP contribution >= 0.6 is 15.9 Å². The summed E-state index contributed by atoms with van der Waals surface area (Å²) in [6.07, 6.45) is 0. The van der Waals surface area contributed by atoms with Crippen molar-refractivity contribution in [2.75, 3.05) is 13.7 Å². The monoisotopic (exact) mass is 286 g/mol. The summed E-state index contributed by atoms with van der Waals surface area (Å²) in [6.45, 7) is 4.11. The van der Waals surface area contributed by atoms with E-state index in [2.05, 4.69) is 15.9 Å². The third kappa shape index (κ3) is 2.76. The molecule has 1 aromatic carbocycles. The molecule has 0 fully saturated rings. The zero-order chi connectivity index (χ0) is 12.1. The Kier molecular flexibility index (Phi) is 4.80. The van der Waals surface area contributed by atoms with Crippen LogP contribution < -0.4 is 4.74 Å². The largest absolute Gasteiger partial charge is 0.497 e. The van der Waals surface area contributed by atoms with Crippen molar-refractivity contribution in [1.82, 2.24) is 0 Å². The molecule has 88 valence electrons. The number of hydrogen-bond donors (Lipinski definition) is 0. The highest BCUT2D eigenvalue weighted by Crippen LogP contribution is 2.24. The molecule has 1 aromatic rings. The molecule has 0 heterocycles. The van der Waals surface area contributed by atoms with E-state index in [1.807, 2.05) is 13.0 Å². The van der Waals surface area contributed by atoms with Gasteiger partial charge in [-0.1, -0.05) is 15.9 Å². The Labute approximate surface area is 104 Å². The molecule has 4 heteroatoms. The van der Waals surface area contributed by atoms with Crippen molar-refractivity contribution in [3.05, 3.63) is 28.8 Å². The van der Waals surface area contributed by atoms with E-state index in [0.29, 0.717) is 23.2 Å². The van der Waals surface area contributed by atoms with Crippen LogP contribution in [0, 0.1) is 6.92 Å². The molecule has 3 nitrogen and oxygen atoms in total. The van der Waals surface area contributed by atoms with E-state index in [-0.39, 0.29) is 5.97 Å². The molecule has 0 aliphatic rings. The summed E-state index contributed by atoms with van der Waals surface area (Å²) in [5.41, 5.74) is 2.52. The van der Waals surface area contributed by atoms with Crippen LogP contribution in [0.2, 0.25) is 0 Å². The molecular formula is C12H15BrO3. The number of hydrogen-bond acceptors (Lipinski definition) is 3. The number of ether oxygens (including phenoxy) is 2. The molecule has 0 aliphatic heterocycles. The minimum absolute atomic E-state index is 0.307. The van der Waals surface area contributed by atoms with E-state index in [1.54, 1.807) is 20.1 Å². The van der Waals surface area contributed by atoms with Crippen molar-refractivity contribution in [1.29, 1.82) is 0 Å². The molecule has 0 atom stereocenters. The SMILES string of the molecule is CCOC(=O)c1cc(OC)cc(C)c1CBr. The standard InChI is InChI=1S/C12H15BrO3/c1-4-16-12(14)10-6-9(15-3)5-8(2)11(10)7-13/h5-6H,4,7H2,1-3H3. The highest BCUT2D eigenvalue weighted by atomic mass is 79.9. The first-order valence-corrected chi connectivity index (χ1v) is 6.16. The van der Waals surface area contributed by atoms with Gasteiger partial charge in [0, 0.05) is 5.33 Å². The third-order valence-electron chi connectivity index (χ3n) is 2.31. The minimum Gasteiger partial charge on any atom is -0.497 e. The number of halogens is 1.